The lowest BCUT2D eigenvalue weighted by molar-refractivity contribution is -0.104. The second-order valence-electron chi connectivity index (χ2n) is 5.08. The second-order valence-corrected chi connectivity index (χ2v) is 6.74. The van der Waals surface area contributed by atoms with Gasteiger partial charge in [-0.2, -0.15) is 0 Å². The monoisotopic (exact) mass is 334 g/mol. The molecule has 1 aromatic rings. The maximum absolute atomic E-state index is 11.7. The van der Waals surface area contributed by atoms with Gasteiger partial charge in [-0.05, 0) is 27.7 Å². The summed E-state index contributed by atoms with van der Waals surface area (Å²) in [4.78, 5) is 24.8. The van der Waals surface area contributed by atoms with Crippen molar-refractivity contribution in [3.8, 4) is 0 Å². The first-order valence-corrected chi connectivity index (χ1v) is 8.05. The van der Waals surface area contributed by atoms with Crippen LogP contribution in [0.4, 0.5) is 0 Å². The Labute approximate surface area is 130 Å². The SMILES string of the molecule is CC(OS(=O)C(C)C)C(CO)OC(C)n1ccc(=O)[nH]c1=O. The van der Waals surface area contributed by atoms with Gasteiger partial charge in [0.05, 0.1) is 11.9 Å². The van der Waals surface area contributed by atoms with Crippen LogP contribution in [0.5, 0.6) is 0 Å². The normalized spacial score (nSPS) is 17.2. The maximum atomic E-state index is 11.7. The standard InChI is InChI=1S/C13H22N2O6S/c1-8(2)22(19)21-9(3)11(7-16)20-10(4)15-6-5-12(17)14-13(15)18/h5-6,8-11,16H,7H2,1-4H3,(H,14,17,18). The fraction of sp³-hybridized carbons (Fsp3) is 0.692. The number of nitrogens with one attached hydrogen (secondary N) is 1. The topological polar surface area (TPSA) is 111 Å². The molecule has 0 aliphatic heterocycles. The molecule has 22 heavy (non-hydrogen) atoms. The van der Waals surface area contributed by atoms with Crippen molar-refractivity contribution in [3.63, 3.8) is 0 Å². The molecule has 0 fully saturated rings. The molecule has 0 radical (unpaired) electrons. The van der Waals surface area contributed by atoms with Gasteiger partial charge in [-0.15, -0.1) is 0 Å². The van der Waals surface area contributed by atoms with Crippen LogP contribution in [0.25, 0.3) is 0 Å². The first-order valence-electron chi connectivity index (χ1n) is 6.91. The molecule has 4 atom stereocenters. The summed E-state index contributed by atoms with van der Waals surface area (Å²) in [5, 5.41) is 9.23. The molecule has 8 nitrogen and oxygen atoms in total. The van der Waals surface area contributed by atoms with Crippen molar-refractivity contribution in [1.82, 2.24) is 9.55 Å². The first-order chi connectivity index (χ1) is 10.3. The van der Waals surface area contributed by atoms with Crippen LogP contribution >= 0.6 is 0 Å². The second kappa shape index (κ2) is 8.37. The van der Waals surface area contributed by atoms with Gasteiger partial charge in [0.25, 0.3) is 5.56 Å². The molecule has 9 heteroatoms. The smallest absolute Gasteiger partial charge is 0.330 e. The fourth-order valence-corrected chi connectivity index (χ4v) is 2.30. The quantitative estimate of drug-likeness (QED) is 0.687. The Balaban J connectivity index is 2.78. The summed E-state index contributed by atoms with van der Waals surface area (Å²) in [7, 11) is 0. The fourth-order valence-electron chi connectivity index (χ4n) is 1.66. The van der Waals surface area contributed by atoms with Crippen LogP contribution in [0.2, 0.25) is 0 Å². The number of hydrogen-bond donors (Lipinski definition) is 2. The van der Waals surface area contributed by atoms with E-state index < -0.39 is 40.8 Å². The van der Waals surface area contributed by atoms with Crippen molar-refractivity contribution in [2.45, 2.75) is 51.4 Å². The molecule has 0 spiro atoms. The molecule has 1 heterocycles. The van der Waals surface area contributed by atoms with Crippen LogP contribution in [0.3, 0.4) is 0 Å². The molecule has 0 aliphatic rings. The average Bonchev–Trinajstić information content (AvgIpc) is 2.43. The summed E-state index contributed by atoms with van der Waals surface area (Å²) in [6.07, 6.45) is -0.830. The zero-order chi connectivity index (χ0) is 16.9. The highest BCUT2D eigenvalue weighted by molar-refractivity contribution is 7.80. The van der Waals surface area contributed by atoms with Gasteiger partial charge in [0.15, 0.2) is 11.1 Å². The number of H-pyrrole nitrogens is 1. The molecule has 126 valence electrons. The lowest BCUT2D eigenvalue weighted by atomic mass is 10.2. The molecule has 0 aliphatic carbocycles. The summed E-state index contributed by atoms with van der Waals surface area (Å²) < 4.78 is 23.7. The Bertz CT molecular complexity index is 611. The number of hydrogen-bond acceptors (Lipinski definition) is 6. The van der Waals surface area contributed by atoms with Gasteiger partial charge in [0.1, 0.15) is 18.4 Å². The Morgan fingerprint density at radius 2 is 1.95 bits per heavy atom. The van der Waals surface area contributed by atoms with Crippen molar-refractivity contribution in [2.75, 3.05) is 6.61 Å². The largest absolute Gasteiger partial charge is 0.394 e. The van der Waals surface area contributed by atoms with E-state index >= 15 is 0 Å². The third kappa shape index (κ3) is 5.16. The van der Waals surface area contributed by atoms with Gasteiger partial charge in [0.2, 0.25) is 0 Å². The van der Waals surface area contributed by atoms with Crippen molar-refractivity contribution in [1.29, 1.82) is 0 Å². The average molecular weight is 334 g/mol. The third-order valence-corrected chi connectivity index (χ3v) is 4.21. The van der Waals surface area contributed by atoms with E-state index in [1.54, 1.807) is 27.7 Å². The van der Waals surface area contributed by atoms with Gasteiger partial charge in [-0.25, -0.2) is 9.00 Å². The highest BCUT2D eigenvalue weighted by Gasteiger charge is 2.24. The molecule has 0 bridgehead atoms. The number of aliphatic hydroxyl groups excluding tert-OH is 1. The molecule has 2 N–H and O–H groups in total. The van der Waals surface area contributed by atoms with Crippen LogP contribution in [0.15, 0.2) is 21.9 Å². The predicted molar refractivity (Wildman–Crippen MR) is 81.8 cm³/mol. The Hall–Kier alpha value is -1.29. The maximum Gasteiger partial charge on any atom is 0.330 e. The molecule has 1 aromatic heterocycles. The van der Waals surface area contributed by atoms with Gasteiger partial charge >= 0.3 is 5.69 Å². The van der Waals surface area contributed by atoms with Crippen molar-refractivity contribution >= 4 is 11.1 Å². The number of ether oxygens (including phenoxy) is 1. The van der Waals surface area contributed by atoms with E-state index in [1.165, 1.54) is 16.8 Å². The zero-order valence-electron chi connectivity index (χ0n) is 13.0. The van der Waals surface area contributed by atoms with Crippen LogP contribution < -0.4 is 11.2 Å². The van der Waals surface area contributed by atoms with Crippen LogP contribution in [-0.2, 0) is 20.0 Å². The van der Waals surface area contributed by atoms with E-state index in [0.29, 0.717) is 0 Å². The highest BCUT2D eigenvalue weighted by Crippen LogP contribution is 2.14. The summed E-state index contributed by atoms with van der Waals surface area (Å²) >= 11 is -1.50. The number of nitrogens with zero attached hydrogens (tertiary/aromatic N) is 1. The number of aromatic nitrogens is 2. The summed E-state index contributed by atoms with van der Waals surface area (Å²) in [5.41, 5.74) is -1.12. The lowest BCUT2D eigenvalue weighted by Gasteiger charge is -2.26. The van der Waals surface area contributed by atoms with Gasteiger partial charge in [0, 0.05) is 12.3 Å². The van der Waals surface area contributed by atoms with Gasteiger partial charge in [-0.3, -0.25) is 18.5 Å². The van der Waals surface area contributed by atoms with E-state index in [-0.39, 0.29) is 11.9 Å². The summed E-state index contributed by atoms with van der Waals surface area (Å²) in [6.45, 7) is 6.36. The Kier molecular flexibility index (Phi) is 7.14. The van der Waals surface area contributed by atoms with Crippen molar-refractivity contribution in [2.24, 2.45) is 0 Å². The number of aliphatic hydroxyl groups is 1. The Morgan fingerprint density at radius 3 is 2.45 bits per heavy atom. The molecule has 1 rings (SSSR count). The van der Waals surface area contributed by atoms with E-state index in [4.69, 9.17) is 8.92 Å². The number of rotatable bonds is 8. The van der Waals surface area contributed by atoms with E-state index in [0.717, 1.165) is 0 Å². The Morgan fingerprint density at radius 1 is 1.32 bits per heavy atom. The molecule has 0 saturated heterocycles. The molecular formula is C13H22N2O6S. The molecule has 4 unspecified atom stereocenters. The zero-order valence-corrected chi connectivity index (χ0v) is 13.8. The lowest BCUT2D eigenvalue weighted by Crippen LogP contribution is -2.38. The number of aromatic amines is 1. The van der Waals surface area contributed by atoms with Crippen LogP contribution in [0.1, 0.15) is 33.9 Å². The highest BCUT2D eigenvalue weighted by atomic mass is 32.2. The molecule has 0 saturated carbocycles. The van der Waals surface area contributed by atoms with E-state index in [1.807, 2.05) is 0 Å². The predicted octanol–water partition coefficient (Wildman–Crippen LogP) is -0.0902. The van der Waals surface area contributed by atoms with E-state index in [9.17, 15) is 18.9 Å². The van der Waals surface area contributed by atoms with E-state index in [2.05, 4.69) is 4.98 Å². The van der Waals surface area contributed by atoms with Gasteiger partial charge < -0.3 is 9.84 Å². The van der Waals surface area contributed by atoms with Crippen molar-refractivity contribution in [3.05, 3.63) is 33.1 Å². The minimum atomic E-state index is -1.50. The molecular weight excluding hydrogens is 312 g/mol. The van der Waals surface area contributed by atoms with Crippen molar-refractivity contribution < 1.29 is 18.2 Å². The van der Waals surface area contributed by atoms with Crippen LogP contribution in [0, 0.1) is 0 Å². The van der Waals surface area contributed by atoms with Gasteiger partial charge in [-0.1, -0.05) is 0 Å². The first kappa shape index (κ1) is 18.8. The molecule has 0 aromatic carbocycles. The molecule has 0 amide bonds. The summed E-state index contributed by atoms with van der Waals surface area (Å²) in [5.74, 6) is 0. The minimum Gasteiger partial charge on any atom is -0.394 e. The minimum absolute atomic E-state index is 0.180. The van der Waals surface area contributed by atoms with Crippen LogP contribution in [-0.4, -0.2) is 42.9 Å². The summed E-state index contributed by atoms with van der Waals surface area (Å²) in [6, 6.07) is 1.20. The third-order valence-electron chi connectivity index (χ3n) is 2.95.